The molecule has 21 heavy (non-hydrogen) atoms. The molecule has 1 amide bonds. The molecule has 2 aromatic carbocycles. The lowest BCUT2D eigenvalue weighted by atomic mass is 10.1. The number of likely N-dealkylation sites (N-methyl/N-ethyl adjacent to an activating group) is 1. The molecule has 3 nitrogen and oxygen atoms in total. The van der Waals surface area contributed by atoms with E-state index in [1.54, 1.807) is 0 Å². The summed E-state index contributed by atoms with van der Waals surface area (Å²) in [6.45, 7) is 3.17. The first kappa shape index (κ1) is 15.3. The Labute approximate surface area is 126 Å². The van der Waals surface area contributed by atoms with E-state index in [1.165, 1.54) is 5.56 Å². The third-order valence-electron chi connectivity index (χ3n) is 3.39. The Kier molecular flexibility index (Phi) is 5.52. The Morgan fingerprint density at radius 2 is 1.62 bits per heavy atom. The molecule has 3 heteroatoms. The molecule has 1 atom stereocenters. The predicted octanol–water partition coefficient (Wildman–Crippen LogP) is 3.00. The van der Waals surface area contributed by atoms with Crippen molar-refractivity contribution in [2.24, 2.45) is 0 Å². The van der Waals surface area contributed by atoms with Gasteiger partial charge in [0.05, 0.1) is 12.6 Å². The Balaban J connectivity index is 1.81. The molecule has 0 bridgehead atoms. The van der Waals surface area contributed by atoms with E-state index in [2.05, 4.69) is 17.4 Å². The molecule has 0 aliphatic rings. The second kappa shape index (κ2) is 7.60. The van der Waals surface area contributed by atoms with Crippen molar-refractivity contribution in [3.63, 3.8) is 0 Å². The smallest absolute Gasteiger partial charge is 0.234 e. The molecule has 0 radical (unpaired) electrons. The Hall–Kier alpha value is -2.13. The van der Waals surface area contributed by atoms with Crippen molar-refractivity contribution in [1.82, 2.24) is 10.2 Å². The van der Waals surface area contributed by atoms with E-state index in [0.29, 0.717) is 6.54 Å². The first-order chi connectivity index (χ1) is 10.1. The summed E-state index contributed by atoms with van der Waals surface area (Å²) < 4.78 is 0. The number of benzene rings is 2. The van der Waals surface area contributed by atoms with E-state index in [0.717, 1.165) is 12.1 Å². The third kappa shape index (κ3) is 5.04. The maximum atomic E-state index is 12.1. The highest BCUT2D eigenvalue weighted by Gasteiger charge is 2.11. The average molecular weight is 282 g/mol. The second-order valence-corrected chi connectivity index (χ2v) is 5.36. The monoisotopic (exact) mass is 282 g/mol. The Morgan fingerprint density at radius 1 is 1.05 bits per heavy atom. The van der Waals surface area contributed by atoms with Gasteiger partial charge in [-0.3, -0.25) is 9.69 Å². The maximum Gasteiger partial charge on any atom is 0.234 e. The van der Waals surface area contributed by atoms with Gasteiger partial charge in [0, 0.05) is 6.54 Å². The molecule has 0 spiro atoms. The van der Waals surface area contributed by atoms with Crippen LogP contribution < -0.4 is 5.32 Å². The van der Waals surface area contributed by atoms with E-state index in [1.807, 2.05) is 67.4 Å². The molecule has 0 aliphatic carbocycles. The summed E-state index contributed by atoms with van der Waals surface area (Å²) in [7, 11) is 1.96. The fourth-order valence-corrected chi connectivity index (χ4v) is 2.31. The molecule has 0 saturated carbocycles. The summed E-state index contributed by atoms with van der Waals surface area (Å²) in [5.74, 6) is 0.0461. The van der Waals surface area contributed by atoms with Crippen LogP contribution in [-0.4, -0.2) is 24.4 Å². The highest BCUT2D eigenvalue weighted by molar-refractivity contribution is 5.78. The molecule has 2 aromatic rings. The molecule has 0 fully saturated rings. The van der Waals surface area contributed by atoms with E-state index in [-0.39, 0.29) is 11.9 Å². The number of rotatable bonds is 6. The van der Waals surface area contributed by atoms with Gasteiger partial charge in [0.2, 0.25) is 5.91 Å². The summed E-state index contributed by atoms with van der Waals surface area (Å²) in [6, 6.07) is 20.2. The lowest BCUT2D eigenvalue weighted by Gasteiger charge is -2.19. The van der Waals surface area contributed by atoms with Gasteiger partial charge < -0.3 is 5.32 Å². The van der Waals surface area contributed by atoms with Crippen molar-refractivity contribution in [2.45, 2.75) is 19.5 Å². The number of carbonyl (C=O) groups excluding carboxylic acids is 1. The van der Waals surface area contributed by atoms with Gasteiger partial charge in [-0.1, -0.05) is 60.7 Å². The summed E-state index contributed by atoms with van der Waals surface area (Å²) in [5.41, 5.74) is 2.33. The zero-order valence-corrected chi connectivity index (χ0v) is 12.6. The number of nitrogens with zero attached hydrogens (tertiary/aromatic N) is 1. The van der Waals surface area contributed by atoms with Gasteiger partial charge in [0.15, 0.2) is 0 Å². The summed E-state index contributed by atoms with van der Waals surface area (Å²) >= 11 is 0. The molecular formula is C18H22N2O. The van der Waals surface area contributed by atoms with E-state index in [4.69, 9.17) is 0 Å². The number of hydrogen-bond acceptors (Lipinski definition) is 2. The van der Waals surface area contributed by atoms with Gasteiger partial charge in [0.1, 0.15) is 0 Å². The molecule has 0 aliphatic heterocycles. The highest BCUT2D eigenvalue weighted by atomic mass is 16.2. The number of hydrogen-bond donors (Lipinski definition) is 1. The van der Waals surface area contributed by atoms with Crippen LogP contribution in [0.4, 0.5) is 0 Å². The van der Waals surface area contributed by atoms with E-state index < -0.39 is 0 Å². The SMILES string of the molecule is C[C@H](NC(=O)CN(C)Cc1ccccc1)c1ccccc1. The molecular weight excluding hydrogens is 260 g/mol. The largest absolute Gasteiger partial charge is 0.348 e. The molecule has 0 heterocycles. The quantitative estimate of drug-likeness (QED) is 0.883. The maximum absolute atomic E-state index is 12.1. The fourth-order valence-electron chi connectivity index (χ4n) is 2.31. The van der Waals surface area contributed by atoms with E-state index >= 15 is 0 Å². The van der Waals surface area contributed by atoms with Crippen LogP contribution in [0.1, 0.15) is 24.1 Å². The van der Waals surface area contributed by atoms with Crippen molar-refractivity contribution in [3.8, 4) is 0 Å². The van der Waals surface area contributed by atoms with Gasteiger partial charge in [-0.25, -0.2) is 0 Å². The van der Waals surface area contributed by atoms with Crippen molar-refractivity contribution < 1.29 is 4.79 Å². The minimum Gasteiger partial charge on any atom is -0.348 e. The number of amides is 1. The van der Waals surface area contributed by atoms with Gasteiger partial charge in [0.25, 0.3) is 0 Å². The normalized spacial score (nSPS) is 12.1. The first-order valence-electron chi connectivity index (χ1n) is 7.22. The van der Waals surface area contributed by atoms with Crippen LogP contribution in [0.3, 0.4) is 0 Å². The van der Waals surface area contributed by atoms with Crippen LogP contribution in [0.5, 0.6) is 0 Å². The van der Waals surface area contributed by atoms with Crippen LogP contribution in [-0.2, 0) is 11.3 Å². The highest BCUT2D eigenvalue weighted by Crippen LogP contribution is 2.11. The predicted molar refractivity (Wildman–Crippen MR) is 85.8 cm³/mol. The Bertz CT molecular complexity index is 554. The molecule has 2 rings (SSSR count). The lowest BCUT2D eigenvalue weighted by molar-refractivity contribution is -0.122. The zero-order chi connectivity index (χ0) is 15.1. The molecule has 0 unspecified atom stereocenters. The van der Waals surface area contributed by atoms with Crippen LogP contribution >= 0.6 is 0 Å². The van der Waals surface area contributed by atoms with Crippen molar-refractivity contribution in [1.29, 1.82) is 0 Å². The lowest BCUT2D eigenvalue weighted by Crippen LogP contribution is -2.36. The zero-order valence-electron chi connectivity index (χ0n) is 12.6. The summed E-state index contributed by atoms with van der Waals surface area (Å²) in [6.07, 6.45) is 0. The van der Waals surface area contributed by atoms with Crippen LogP contribution in [0.15, 0.2) is 60.7 Å². The summed E-state index contributed by atoms with van der Waals surface area (Å²) in [5, 5.41) is 3.03. The molecule has 0 aromatic heterocycles. The summed E-state index contributed by atoms with van der Waals surface area (Å²) in [4.78, 5) is 14.1. The van der Waals surface area contributed by atoms with Gasteiger partial charge in [-0.05, 0) is 25.1 Å². The molecule has 1 N–H and O–H groups in total. The average Bonchev–Trinajstić information content (AvgIpc) is 2.48. The minimum absolute atomic E-state index is 0.0313. The van der Waals surface area contributed by atoms with Gasteiger partial charge in [-0.15, -0.1) is 0 Å². The third-order valence-corrected chi connectivity index (χ3v) is 3.39. The Morgan fingerprint density at radius 3 is 2.24 bits per heavy atom. The molecule has 110 valence electrons. The van der Waals surface area contributed by atoms with Crippen molar-refractivity contribution in [2.75, 3.05) is 13.6 Å². The van der Waals surface area contributed by atoms with Gasteiger partial charge in [-0.2, -0.15) is 0 Å². The molecule has 0 saturated heterocycles. The van der Waals surface area contributed by atoms with Crippen molar-refractivity contribution >= 4 is 5.91 Å². The van der Waals surface area contributed by atoms with E-state index in [9.17, 15) is 4.79 Å². The van der Waals surface area contributed by atoms with Crippen molar-refractivity contribution in [3.05, 3.63) is 71.8 Å². The van der Waals surface area contributed by atoms with Crippen LogP contribution in [0, 0.1) is 0 Å². The number of carbonyl (C=O) groups is 1. The minimum atomic E-state index is 0.0313. The standard InChI is InChI=1S/C18H22N2O/c1-15(17-11-7-4-8-12-17)19-18(21)14-20(2)13-16-9-5-3-6-10-16/h3-12,15H,13-14H2,1-2H3,(H,19,21)/t15-/m0/s1. The van der Waals surface area contributed by atoms with Crippen LogP contribution in [0.2, 0.25) is 0 Å². The topological polar surface area (TPSA) is 32.3 Å². The van der Waals surface area contributed by atoms with Gasteiger partial charge >= 0.3 is 0 Å². The number of nitrogens with one attached hydrogen (secondary N) is 1. The van der Waals surface area contributed by atoms with Crippen LogP contribution in [0.25, 0.3) is 0 Å². The fraction of sp³-hybridized carbons (Fsp3) is 0.278. The second-order valence-electron chi connectivity index (χ2n) is 5.36. The first-order valence-corrected chi connectivity index (χ1v) is 7.22.